The first-order chi connectivity index (χ1) is 10.5. The summed E-state index contributed by atoms with van der Waals surface area (Å²) >= 11 is 0. The third-order valence-electron chi connectivity index (χ3n) is 4.13. The number of carbonyl (C=O) groups is 1. The molecule has 1 aromatic carbocycles. The summed E-state index contributed by atoms with van der Waals surface area (Å²) < 4.78 is 5.33. The number of fused-ring (bicyclic) bond motifs is 1. The lowest BCUT2D eigenvalue weighted by Gasteiger charge is -2.17. The summed E-state index contributed by atoms with van der Waals surface area (Å²) in [6.07, 6.45) is 0.258. The number of hydrogen-bond acceptors (Lipinski definition) is 4. The Hall–Kier alpha value is -1.88. The number of carbonyl (C=O) groups excluding carboxylic acids is 1. The number of aryl methyl sites for hydroxylation is 2. The van der Waals surface area contributed by atoms with Crippen LogP contribution in [0.1, 0.15) is 30.7 Å². The molecule has 5 heteroatoms. The van der Waals surface area contributed by atoms with Crippen molar-refractivity contribution < 1.29 is 9.32 Å². The maximum atomic E-state index is 12.1. The SMILES string of the molecule is CCN(CC)CCNC(=O)Cc1noc2cc(C)c(C)cc12. The van der Waals surface area contributed by atoms with Gasteiger partial charge in [0.2, 0.25) is 5.91 Å². The van der Waals surface area contributed by atoms with Gasteiger partial charge in [-0.3, -0.25) is 4.79 Å². The minimum Gasteiger partial charge on any atom is -0.356 e. The second kappa shape index (κ2) is 7.40. The topological polar surface area (TPSA) is 58.4 Å². The molecule has 0 saturated carbocycles. The molecule has 2 rings (SSSR count). The number of rotatable bonds is 7. The molecule has 0 fully saturated rings. The van der Waals surface area contributed by atoms with E-state index in [1.807, 2.05) is 19.1 Å². The van der Waals surface area contributed by atoms with Crippen LogP contribution in [-0.4, -0.2) is 42.1 Å². The minimum atomic E-state index is -0.0133. The Labute approximate surface area is 131 Å². The lowest BCUT2D eigenvalue weighted by atomic mass is 10.1. The van der Waals surface area contributed by atoms with Crippen LogP contribution in [0.25, 0.3) is 11.0 Å². The summed E-state index contributed by atoms with van der Waals surface area (Å²) in [5.41, 5.74) is 3.80. The van der Waals surface area contributed by atoms with Gasteiger partial charge in [-0.15, -0.1) is 0 Å². The Balaban J connectivity index is 1.96. The fourth-order valence-corrected chi connectivity index (χ4v) is 2.48. The van der Waals surface area contributed by atoms with Crippen molar-refractivity contribution in [3.63, 3.8) is 0 Å². The molecule has 0 saturated heterocycles. The first kappa shape index (κ1) is 16.5. The molecule has 0 unspecified atom stereocenters. The summed E-state index contributed by atoms with van der Waals surface area (Å²) in [4.78, 5) is 14.3. The van der Waals surface area contributed by atoms with Crippen molar-refractivity contribution >= 4 is 16.9 Å². The zero-order chi connectivity index (χ0) is 16.1. The van der Waals surface area contributed by atoms with Gasteiger partial charge in [-0.25, -0.2) is 0 Å². The second-order valence-corrected chi connectivity index (χ2v) is 5.62. The minimum absolute atomic E-state index is 0.0133. The molecule has 0 radical (unpaired) electrons. The fourth-order valence-electron chi connectivity index (χ4n) is 2.48. The smallest absolute Gasteiger partial charge is 0.226 e. The van der Waals surface area contributed by atoms with Gasteiger partial charge in [0.1, 0.15) is 5.69 Å². The third-order valence-corrected chi connectivity index (χ3v) is 4.13. The first-order valence-electron chi connectivity index (χ1n) is 7.89. The number of benzene rings is 1. The molecule has 0 aliphatic rings. The van der Waals surface area contributed by atoms with E-state index in [0.717, 1.165) is 30.6 Å². The monoisotopic (exact) mass is 303 g/mol. The van der Waals surface area contributed by atoms with Gasteiger partial charge in [0, 0.05) is 18.5 Å². The highest BCUT2D eigenvalue weighted by Gasteiger charge is 2.13. The van der Waals surface area contributed by atoms with E-state index in [1.54, 1.807) is 0 Å². The number of aromatic nitrogens is 1. The summed E-state index contributed by atoms with van der Waals surface area (Å²) in [5, 5.41) is 7.93. The van der Waals surface area contributed by atoms with Crippen LogP contribution in [0.4, 0.5) is 0 Å². The van der Waals surface area contributed by atoms with Crippen LogP contribution in [0.2, 0.25) is 0 Å². The van der Waals surface area contributed by atoms with Gasteiger partial charge in [-0.1, -0.05) is 19.0 Å². The quantitative estimate of drug-likeness (QED) is 0.853. The normalized spacial score (nSPS) is 11.3. The van der Waals surface area contributed by atoms with Gasteiger partial charge in [-0.05, 0) is 50.2 Å². The molecule has 1 aromatic heterocycles. The number of nitrogens with zero attached hydrogens (tertiary/aromatic N) is 2. The van der Waals surface area contributed by atoms with Crippen molar-refractivity contribution in [1.82, 2.24) is 15.4 Å². The molecule has 120 valence electrons. The van der Waals surface area contributed by atoms with E-state index < -0.39 is 0 Å². The van der Waals surface area contributed by atoms with Gasteiger partial charge in [-0.2, -0.15) is 0 Å². The van der Waals surface area contributed by atoms with Gasteiger partial charge in [0.05, 0.1) is 6.42 Å². The number of nitrogens with one attached hydrogen (secondary N) is 1. The van der Waals surface area contributed by atoms with Crippen LogP contribution in [0.5, 0.6) is 0 Å². The highest BCUT2D eigenvalue weighted by atomic mass is 16.5. The Morgan fingerprint density at radius 1 is 1.23 bits per heavy atom. The van der Waals surface area contributed by atoms with Crippen LogP contribution in [0.15, 0.2) is 16.7 Å². The summed E-state index contributed by atoms with van der Waals surface area (Å²) in [6, 6.07) is 4.01. The second-order valence-electron chi connectivity index (χ2n) is 5.62. The van der Waals surface area contributed by atoms with E-state index >= 15 is 0 Å². The number of amides is 1. The predicted molar refractivity (Wildman–Crippen MR) is 88.0 cm³/mol. The molecule has 1 amide bonds. The standard InChI is InChI=1S/C17H25N3O2/c1-5-20(6-2)8-7-18-17(21)11-15-14-9-12(3)13(4)10-16(14)22-19-15/h9-10H,5-8,11H2,1-4H3,(H,18,21). The van der Waals surface area contributed by atoms with E-state index in [-0.39, 0.29) is 12.3 Å². The van der Waals surface area contributed by atoms with Gasteiger partial charge < -0.3 is 14.7 Å². The van der Waals surface area contributed by atoms with Crippen LogP contribution < -0.4 is 5.32 Å². The maximum absolute atomic E-state index is 12.1. The van der Waals surface area contributed by atoms with E-state index in [0.29, 0.717) is 12.2 Å². The van der Waals surface area contributed by atoms with Gasteiger partial charge in [0.15, 0.2) is 5.58 Å². The average molecular weight is 303 g/mol. The molecule has 1 heterocycles. The van der Waals surface area contributed by atoms with E-state index in [2.05, 4.69) is 36.1 Å². The summed E-state index contributed by atoms with van der Waals surface area (Å²) in [6.45, 7) is 11.9. The van der Waals surface area contributed by atoms with E-state index in [9.17, 15) is 4.79 Å². The lowest BCUT2D eigenvalue weighted by Crippen LogP contribution is -2.35. The highest BCUT2D eigenvalue weighted by Crippen LogP contribution is 2.22. The van der Waals surface area contributed by atoms with Crippen LogP contribution in [-0.2, 0) is 11.2 Å². The molecule has 0 aliphatic carbocycles. The molecule has 0 aliphatic heterocycles. The molecular weight excluding hydrogens is 278 g/mol. The number of hydrogen-bond donors (Lipinski definition) is 1. The van der Waals surface area contributed by atoms with Crippen molar-refractivity contribution in [2.45, 2.75) is 34.1 Å². The molecule has 5 nitrogen and oxygen atoms in total. The summed E-state index contributed by atoms with van der Waals surface area (Å²) in [7, 11) is 0. The maximum Gasteiger partial charge on any atom is 0.226 e. The van der Waals surface area contributed by atoms with Gasteiger partial charge in [0.25, 0.3) is 0 Å². The lowest BCUT2D eigenvalue weighted by molar-refractivity contribution is -0.120. The van der Waals surface area contributed by atoms with Crippen LogP contribution in [0, 0.1) is 13.8 Å². The fraction of sp³-hybridized carbons (Fsp3) is 0.529. The highest BCUT2D eigenvalue weighted by molar-refractivity contribution is 5.87. The Morgan fingerprint density at radius 3 is 2.59 bits per heavy atom. The average Bonchev–Trinajstić information content (AvgIpc) is 2.86. The zero-order valence-electron chi connectivity index (χ0n) is 13.9. The Bertz CT molecular complexity index is 645. The van der Waals surface area contributed by atoms with Crippen molar-refractivity contribution in [2.24, 2.45) is 0 Å². The Morgan fingerprint density at radius 2 is 1.91 bits per heavy atom. The van der Waals surface area contributed by atoms with Crippen molar-refractivity contribution in [1.29, 1.82) is 0 Å². The zero-order valence-corrected chi connectivity index (χ0v) is 13.9. The van der Waals surface area contributed by atoms with E-state index in [4.69, 9.17) is 4.52 Å². The predicted octanol–water partition coefficient (Wildman–Crippen LogP) is 2.45. The molecule has 0 atom stereocenters. The van der Waals surface area contributed by atoms with Crippen molar-refractivity contribution in [3.05, 3.63) is 29.0 Å². The molecule has 2 aromatic rings. The van der Waals surface area contributed by atoms with Crippen molar-refractivity contribution in [3.8, 4) is 0 Å². The van der Waals surface area contributed by atoms with E-state index in [1.165, 1.54) is 11.1 Å². The molecule has 1 N–H and O–H groups in total. The summed E-state index contributed by atoms with van der Waals surface area (Å²) in [5.74, 6) is -0.0133. The van der Waals surface area contributed by atoms with Gasteiger partial charge >= 0.3 is 0 Å². The molecular formula is C17H25N3O2. The first-order valence-corrected chi connectivity index (χ1v) is 7.89. The van der Waals surface area contributed by atoms with Crippen LogP contribution >= 0.6 is 0 Å². The Kier molecular flexibility index (Phi) is 5.55. The van der Waals surface area contributed by atoms with Crippen LogP contribution in [0.3, 0.4) is 0 Å². The third kappa shape index (κ3) is 3.85. The molecule has 0 bridgehead atoms. The number of likely N-dealkylation sites (N-methyl/N-ethyl adjacent to an activating group) is 1. The van der Waals surface area contributed by atoms with Crippen molar-refractivity contribution in [2.75, 3.05) is 26.2 Å². The molecule has 0 spiro atoms. The largest absolute Gasteiger partial charge is 0.356 e. The molecule has 22 heavy (non-hydrogen) atoms.